The molecule has 0 aromatic heterocycles. The van der Waals surface area contributed by atoms with Crippen LogP contribution in [-0.2, 0) is 0 Å². The third-order valence-corrected chi connectivity index (χ3v) is 5.81. The third-order valence-electron chi connectivity index (χ3n) is 5.81. The van der Waals surface area contributed by atoms with E-state index < -0.39 is 0 Å². The highest BCUT2D eigenvalue weighted by atomic mass is 15.5. The number of fused-ring (bicyclic) bond motifs is 6. The van der Waals surface area contributed by atoms with E-state index in [1.807, 2.05) is 0 Å². The molecule has 102 valence electrons. The summed E-state index contributed by atoms with van der Waals surface area (Å²) in [6, 6.07) is 0.899. The number of rotatable bonds is 0. The molecule has 0 aromatic carbocycles. The molecule has 4 aliphatic rings. The SMILES string of the molecule is C1CN[C@@H]2[C@H](C1)[C@@H]1CCCCN1[C@@H]1CCCCN12. The Labute approximate surface area is 111 Å². The Kier molecular flexibility index (Phi) is 3.10. The summed E-state index contributed by atoms with van der Waals surface area (Å²) in [5.74, 6) is 0.911. The van der Waals surface area contributed by atoms with Crippen molar-refractivity contribution in [3.05, 3.63) is 0 Å². The molecule has 3 heteroatoms. The predicted octanol–water partition coefficient (Wildman–Crippen LogP) is 1.99. The second-order valence-electron chi connectivity index (χ2n) is 6.72. The molecule has 4 saturated heterocycles. The van der Waals surface area contributed by atoms with Gasteiger partial charge in [-0.15, -0.1) is 0 Å². The minimum absolute atomic E-state index is 0.711. The van der Waals surface area contributed by atoms with E-state index in [2.05, 4.69) is 15.1 Å². The molecular weight excluding hydrogens is 222 g/mol. The summed E-state index contributed by atoms with van der Waals surface area (Å²) in [5.41, 5.74) is 0. The van der Waals surface area contributed by atoms with Gasteiger partial charge in [0.05, 0.1) is 12.3 Å². The van der Waals surface area contributed by atoms with Crippen molar-refractivity contribution in [1.82, 2.24) is 15.1 Å². The van der Waals surface area contributed by atoms with Gasteiger partial charge in [0, 0.05) is 18.5 Å². The molecule has 4 fully saturated rings. The van der Waals surface area contributed by atoms with Crippen molar-refractivity contribution in [2.75, 3.05) is 19.6 Å². The van der Waals surface area contributed by atoms with E-state index in [1.165, 1.54) is 71.0 Å². The fraction of sp³-hybridized carbons (Fsp3) is 1.00. The van der Waals surface area contributed by atoms with E-state index in [0.29, 0.717) is 6.17 Å². The standard InChI is InChI=1S/C15H27N3/c1-3-10-17-13(7-1)12-6-5-9-16-15(12)18-11-4-2-8-14(17)18/h12-16H,1-11H2/t12-,13+,14+,15+/m1/s1. The largest absolute Gasteiger partial charge is 0.301 e. The van der Waals surface area contributed by atoms with Gasteiger partial charge in [-0.25, -0.2) is 0 Å². The number of nitrogens with one attached hydrogen (secondary N) is 1. The third kappa shape index (κ3) is 1.75. The second kappa shape index (κ2) is 4.77. The molecule has 4 atom stereocenters. The molecule has 0 radical (unpaired) electrons. The summed E-state index contributed by atoms with van der Waals surface area (Å²) in [7, 11) is 0. The second-order valence-corrected chi connectivity index (χ2v) is 6.72. The summed E-state index contributed by atoms with van der Waals surface area (Å²) in [4.78, 5) is 5.73. The maximum Gasteiger partial charge on any atom is 0.0654 e. The van der Waals surface area contributed by atoms with Gasteiger partial charge in [0.1, 0.15) is 0 Å². The van der Waals surface area contributed by atoms with Crippen molar-refractivity contribution in [3.63, 3.8) is 0 Å². The summed E-state index contributed by atoms with van der Waals surface area (Å²) in [5, 5.41) is 3.85. The van der Waals surface area contributed by atoms with Crippen molar-refractivity contribution < 1.29 is 0 Å². The van der Waals surface area contributed by atoms with Gasteiger partial charge in [0.2, 0.25) is 0 Å². The van der Waals surface area contributed by atoms with E-state index in [0.717, 1.165) is 18.1 Å². The van der Waals surface area contributed by atoms with Gasteiger partial charge in [-0.1, -0.05) is 6.42 Å². The van der Waals surface area contributed by atoms with Crippen molar-refractivity contribution in [1.29, 1.82) is 0 Å². The van der Waals surface area contributed by atoms with Crippen molar-refractivity contribution >= 4 is 0 Å². The zero-order valence-electron chi connectivity index (χ0n) is 11.5. The van der Waals surface area contributed by atoms with Crippen LogP contribution in [0.15, 0.2) is 0 Å². The lowest BCUT2D eigenvalue weighted by atomic mass is 9.78. The average molecular weight is 249 g/mol. The maximum absolute atomic E-state index is 3.85. The first kappa shape index (κ1) is 11.7. The highest BCUT2D eigenvalue weighted by Gasteiger charge is 2.48. The monoisotopic (exact) mass is 249 g/mol. The molecule has 0 saturated carbocycles. The first-order valence-corrected chi connectivity index (χ1v) is 8.20. The van der Waals surface area contributed by atoms with Crippen molar-refractivity contribution in [3.8, 4) is 0 Å². The lowest BCUT2D eigenvalue weighted by molar-refractivity contribution is -0.146. The highest BCUT2D eigenvalue weighted by molar-refractivity contribution is 5.00. The highest BCUT2D eigenvalue weighted by Crippen LogP contribution is 2.41. The van der Waals surface area contributed by atoms with Crippen LogP contribution < -0.4 is 5.32 Å². The van der Waals surface area contributed by atoms with Gasteiger partial charge in [0.25, 0.3) is 0 Å². The van der Waals surface area contributed by atoms with E-state index in [1.54, 1.807) is 0 Å². The fourth-order valence-electron chi connectivity index (χ4n) is 5.09. The van der Waals surface area contributed by atoms with Gasteiger partial charge in [-0.05, 0) is 58.0 Å². The average Bonchev–Trinajstić information content (AvgIpc) is 2.48. The molecule has 3 nitrogen and oxygen atoms in total. The summed E-state index contributed by atoms with van der Waals surface area (Å²) in [6.07, 6.45) is 13.0. The van der Waals surface area contributed by atoms with E-state index >= 15 is 0 Å². The lowest BCUT2D eigenvalue weighted by Crippen LogP contribution is -2.72. The van der Waals surface area contributed by atoms with Gasteiger partial charge in [0.15, 0.2) is 0 Å². The van der Waals surface area contributed by atoms with Crippen LogP contribution in [0.1, 0.15) is 51.4 Å². The van der Waals surface area contributed by atoms with Crippen LogP contribution >= 0.6 is 0 Å². The molecule has 0 amide bonds. The van der Waals surface area contributed by atoms with Crippen LogP contribution in [0.2, 0.25) is 0 Å². The Hall–Kier alpha value is -0.120. The number of piperidine rings is 3. The first-order chi connectivity index (χ1) is 8.95. The van der Waals surface area contributed by atoms with Gasteiger partial charge in [-0.3, -0.25) is 9.80 Å². The Morgan fingerprint density at radius 1 is 0.778 bits per heavy atom. The summed E-state index contributed by atoms with van der Waals surface area (Å²) in [6.45, 7) is 3.95. The van der Waals surface area contributed by atoms with Crippen LogP contribution in [0.5, 0.6) is 0 Å². The Balaban J connectivity index is 1.64. The quantitative estimate of drug-likeness (QED) is 0.708. The normalized spacial score (nSPS) is 46.0. The number of nitrogens with zero attached hydrogens (tertiary/aromatic N) is 2. The van der Waals surface area contributed by atoms with Crippen molar-refractivity contribution in [2.45, 2.75) is 69.7 Å². The van der Waals surface area contributed by atoms with Crippen LogP contribution in [-0.4, -0.2) is 47.8 Å². The van der Waals surface area contributed by atoms with E-state index in [4.69, 9.17) is 0 Å². The number of hydrogen-bond acceptors (Lipinski definition) is 3. The van der Waals surface area contributed by atoms with Crippen LogP contribution in [0.4, 0.5) is 0 Å². The molecule has 0 unspecified atom stereocenters. The molecule has 4 rings (SSSR count). The first-order valence-electron chi connectivity index (χ1n) is 8.20. The summed E-state index contributed by atoms with van der Waals surface area (Å²) < 4.78 is 0. The van der Waals surface area contributed by atoms with Crippen molar-refractivity contribution in [2.24, 2.45) is 5.92 Å². The maximum atomic E-state index is 3.85. The molecule has 18 heavy (non-hydrogen) atoms. The molecule has 0 aliphatic carbocycles. The Morgan fingerprint density at radius 2 is 1.61 bits per heavy atom. The minimum atomic E-state index is 0.711. The molecule has 0 bridgehead atoms. The zero-order valence-corrected chi connectivity index (χ0v) is 11.5. The molecule has 0 spiro atoms. The fourth-order valence-corrected chi connectivity index (χ4v) is 5.09. The van der Waals surface area contributed by atoms with E-state index in [9.17, 15) is 0 Å². The predicted molar refractivity (Wildman–Crippen MR) is 73.2 cm³/mol. The molecular formula is C15H27N3. The molecule has 4 aliphatic heterocycles. The van der Waals surface area contributed by atoms with Gasteiger partial charge in [-0.2, -0.15) is 0 Å². The minimum Gasteiger partial charge on any atom is -0.301 e. The summed E-state index contributed by atoms with van der Waals surface area (Å²) >= 11 is 0. The topological polar surface area (TPSA) is 18.5 Å². The number of hydrogen-bond donors (Lipinski definition) is 1. The smallest absolute Gasteiger partial charge is 0.0654 e. The van der Waals surface area contributed by atoms with Crippen LogP contribution in [0, 0.1) is 5.92 Å². The van der Waals surface area contributed by atoms with Gasteiger partial charge >= 0.3 is 0 Å². The molecule has 4 heterocycles. The van der Waals surface area contributed by atoms with Gasteiger partial charge < -0.3 is 5.32 Å². The Bertz CT molecular complexity index is 217. The molecule has 0 aromatic rings. The van der Waals surface area contributed by atoms with Crippen LogP contribution in [0.3, 0.4) is 0 Å². The Morgan fingerprint density at radius 3 is 2.56 bits per heavy atom. The molecule has 1 N–H and O–H groups in total. The zero-order chi connectivity index (χ0) is 11.9. The van der Waals surface area contributed by atoms with Crippen LogP contribution in [0.25, 0.3) is 0 Å². The lowest BCUT2D eigenvalue weighted by Gasteiger charge is -2.60. The van der Waals surface area contributed by atoms with E-state index in [-0.39, 0.29) is 0 Å².